The topological polar surface area (TPSA) is 77.8 Å². The van der Waals surface area contributed by atoms with Crippen molar-refractivity contribution >= 4 is 52.2 Å². The van der Waals surface area contributed by atoms with Crippen LogP contribution < -0.4 is 4.90 Å². The SMILES string of the molecule is O=C(C1=C(O)C(=O)N(c2cccc(Cl)c2)C1c1ccc(Cl)cc1)c1ccc(Cl)cc1O. The highest BCUT2D eigenvalue weighted by atomic mass is 35.5. The third-order valence-electron chi connectivity index (χ3n) is 4.93. The summed E-state index contributed by atoms with van der Waals surface area (Å²) in [6.45, 7) is 0. The first kappa shape index (κ1) is 21.2. The summed E-state index contributed by atoms with van der Waals surface area (Å²) >= 11 is 18.0. The van der Waals surface area contributed by atoms with Crippen molar-refractivity contribution in [3.63, 3.8) is 0 Å². The summed E-state index contributed by atoms with van der Waals surface area (Å²) in [7, 11) is 0. The Bertz CT molecular complexity index is 1240. The van der Waals surface area contributed by atoms with E-state index in [0.29, 0.717) is 21.3 Å². The van der Waals surface area contributed by atoms with E-state index in [0.717, 1.165) is 0 Å². The molecule has 0 radical (unpaired) electrons. The van der Waals surface area contributed by atoms with Gasteiger partial charge in [-0.2, -0.15) is 0 Å². The number of phenolic OH excluding ortho intramolecular Hbond substituents is 1. The number of ketones is 1. The van der Waals surface area contributed by atoms with E-state index in [1.807, 2.05) is 0 Å². The number of aliphatic hydroxyl groups is 1. The Morgan fingerprint density at radius 1 is 0.839 bits per heavy atom. The maximum Gasteiger partial charge on any atom is 0.294 e. The summed E-state index contributed by atoms with van der Waals surface area (Å²) < 4.78 is 0. The van der Waals surface area contributed by atoms with Crippen LogP contribution in [0, 0.1) is 0 Å². The number of phenols is 1. The molecule has 0 aromatic heterocycles. The molecule has 0 saturated carbocycles. The van der Waals surface area contributed by atoms with Gasteiger partial charge in [-0.15, -0.1) is 0 Å². The van der Waals surface area contributed by atoms with Crippen molar-refractivity contribution in [2.45, 2.75) is 6.04 Å². The minimum absolute atomic E-state index is 0.0920. The Labute approximate surface area is 192 Å². The molecule has 5 nitrogen and oxygen atoms in total. The fourth-order valence-electron chi connectivity index (χ4n) is 3.53. The quantitative estimate of drug-likeness (QED) is 0.446. The van der Waals surface area contributed by atoms with Gasteiger partial charge in [0, 0.05) is 20.8 Å². The monoisotopic (exact) mass is 473 g/mol. The smallest absolute Gasteiger partial charge is 0.294 e. The van der Waals surface area contributed by atoms with Crippen LogP contribution in [0.2, 0.25) is 15.1 Å². The first-order chi connectivity index (χ1) is 14.8. The van der Waals surface area contributed by atoms with Crippen LogP contribution >= 0.6 is 34.8 Å². The molecule has 0 fully saturated rings. The van der Waals surface area contributed by atoms with Crippen molar-refractivity contribution in [1.82, 2.24) is 0 Å². The second kappa shape index (κ2) is 8.27. The number of anilines is 1. The van der Waals surface area contributed by atoms with Crippen LogP contribution in [0.15, 0.2) is 78.1 Å². The van der Waals surface area contributed by atoms with Crippen LogP contribution in [0.1, 0.15) is 22.0 Å². The normalized spacial score (nSPS) is 16.2. The molecule has 3 aromatic carbocycles. The molecule has 0 aliphatic carbocycles. The lowest BCUT2D eigenvalue weighted by atomic mass is 9.92. The van der Waals surface area contributed by atoms with Crippen LogP contribution in [0.25, 0.3) is 0 Å². The highest BCUT2D eigenvalue weighted by molar-refractivity contribution is 6.32. The molecule has 4 rings (SSSR count). The summed E-state index contributed by atoms with van der Waals surface area (Å²) in [5.74, 6) is -2.54. The van der Waals surface area contributed by atoms with Crippen LogP contribution in [-0.2, 0) is 4.79 Å². The molecule has 1 unspecified atom stereocenters. The largest absolute Gasteiger partial charge is 0.507 e. The number of aliphatic hydroxyl groups excluding tert-OH is 1. The fourth-order valence-corrected chi connectivity index (χ4v) is 4.01. The molecule has 8 heteroatoms. The Kier molecular flexibility index (Phi) is 5.67. The van der Waals surface area contributed by atoms with Crippen molar-refractivity contribution < 1.29 is 19.8 Å². The first-order valence-corrected chi connectivity index (χ1v) is 10.2. The van der Waals surface area contributed by atoms with Crippen LogP contribution in [0.4, 0.5) is 5.69 Å². The van der Waals surface area contributed by atoms with E-state index < -0.39 is 23.5 Å². The number of carbonyl (C=O) groups excluding carboxylic acids is 2. The van der Waals surface area contributed by atoms with E-state index in [-0.39, 0.29) is 21.9 Å². The van der Waals surface area contributed by atoms with Gasteiger partial charge in [0.2, 0.25) is 0 Å². The van der Waals surface area contributed by atoms with Crippen molar-refractivity contribution in [3.05, 3.63) is 104 Å². The molecule has 1 atom stereocenters. The molecule has 156 valence electrons. The summed E-state index contributed by atoms with van der Waals surface area (Å²) in [5.41, 5.74) is 0.668. The van der Waals surface area contributed by atoms with Crippen LogP contribution in [0.3, 0.4) is 0 Å². The number of carbonyl (C=O) groups is 2. The number of nitrogens with zero attached hydrogens (tertiary/aromatic N) is 1. The van der Waals surface area contributed by atoms with E-state index in [1.165, 1.54) is 23.1 Å². The summed E-state index contributed by atoms with van der Waals surface area (Å²) in [6, 6.07) is 16.1. The van der Waals surface area contributed by atoms with Crippen LogP contribution in [-0.4, -0.2) is 21.9 Å². The molecule has 1 aliphatic rings. The van der Waals surface area contributed by atoms with Gasteiger partial charge in [0.15, 0.2) is 11.5 Å². The maximum absolute atomic E-state index is 13.4. The molecule has 31 heavy (non-hydrogen) atoms. The number of rotatable bonds is 4. The third-order valence-corrected chi connectivity index (χ3v) is 5.65. The number of hydrogen-bond donors (Lipinski definition) is 2. The Hall–Kier alpha value is -2.99. The molecule has 1 aliphatic heterocycles. The van der Waals surface area contributed by atoms with Gasteiger partial charge in [-0.3, -0.25) is 14.5 Å². The average Bonchev–Trinajstić information content (AvgIpc) is 2.99. The lowest BCUT2D eigenvalue weighted by molar-refractivity contribution is -0.117. The lowest BCUT2D eigenvalue weighted by Gasteiger charge is -2.27. The van der Waals surface area contributed by atoms with Crippen LogP contribution in [0.5, 0.6) is 5.75 Å². The Morgan fingerprint density at radius 2 is 1.48 bits per heavy atom. The molecule has 3 aromatic rings. The summed E-state index contributed by atoms with van der Waals surface area (Å²) in [4.78, 5) is 27.7. The standard InChI is InChI=1S/C23H14Cl3NO4/c24-13-6-4-12(5-7-13)20-19(21(29)17-9-8-15(26)11-18(17)28)22(30)23(31)27(20)16-3-1-2-14(25)10-16/h1-11,20,28,30H. The third kappa shape index (κ3) is 3.88. The lowest BCUT2D eigenvalue weighted by Crippen LogP contribution is -2.31. The summed E-state index contributed by atoms with van der Waals surface area (Å²) in [6.07, 6.45) is 0. The number of benzene rings is 3. The van der Waals surface area contributed by atoms with Gasteiger partial charge in [0.1, 0.15) is 5.75 Å². The highest BCUT2D eigenvalue weighted by Crippen LogP contribution is 2.43. The molecule has 0 spiro atoms. The predicted octanol–water partition coefficient (Wildman–Crippen LogP) is 6.14. The van der Waals surface area contributed by atoms with Crippen molar-refractivity contribution in [2.75, 3.05) is 4.90 Å². The maximum atomic E-state index is 13.4. The molecular formula is C23H14Cl3NO4. The Balaban J connectivity index is 1.90. The minimum Gasteiger partial charge on any atom is -0.507 e. The van der Waals surface area contributed by atoms with Gasteiger partial charge in [-0.25, -0.2) is 0 Å². The van der Waals surface area contributed by atoms with Gasteiger partial charge < -0.3 is 10.2 Å². The van der Waals surface area contributed by atoms with E-state index in [4.69, 9.17) is 34.8 Å². The zero-order valence-electron chi connectivity index (χ0n) is 15.7. The zero-order chi connectivity index (χ0) is 22.3. The second-order valence-electron chi connectivity index (χ2n) is 6.86. The van der Waals surface area contributed by atoms with Crippen molar-refractivity contribution in [1.29, 1.82) is 0 Å². The highest BCUT2D eigenvalue weighted by Gasteiger charge is 2.45. The number of halogens is 3. The molecule has 2 N–H and O–H groups in total. The Morgan fingerprint density at radius 3 is 2.13 bits per heavy atom. The second-order valence-corrected chi connectivity index (χ2v) is 8.17. The van der Waals surface area contributed by atoms with E-state index >= 15 is 0 Å². The fraction of sp³-hybridized carbons (Fsp3) is 0.0435. The number of aromatic hydroxyl groups is 1. The zero-order valence-corrected chi connectivity index (χ0v) is 18.0. The van der Waals surface area contributed by atoms with E-state index in [1.54, 1.807) is 48.5 Å². The summed E-state index contributed by atoms with van der Waals surface area (Å²) in [5, 5.41) is 22.1. The molecule has 1 heterocycles. The van der Waals surface area contributed by atoms with E-state index in [9.17, 15) is 19.8 Å². The number of amides is 1. The predicted molar refractivity (Wildman–Crippen MR) is 120 cm³/mol. The average molecular weight is 475 g/mol. The minimum atomic E-state index is -0.967. The first-order valence-electron chi connectivity index (χ1n) is 9.09. The van der Waals surface area contributed by atoms with Gasteiger partial charge in [-0.1, -0.05) is 53.0 Å². The molecule has 0 saturated heterocycles. The van der Waals surface area contributed by atoms with Gasteiger partial charge in [0.25, 0.3) is 5.91 Å². The number of hydrogen-bond acceptors (Lipinski definition) is 4. The van der Waals surface area contributed by atoms with Gasteiger partial charge in [-0.05, 0) is 54.1 Å². The van der Waals surface area contributed by atoms with Crippen molar-refractivity contribution in [2.24, 2.45) is 0 Å². The van der Waals surface area contributed by atoms with Gasteiger partial charge >= 0.3 is 0 Å². The van der Waals surface area contributed by atoms with Gasteiger partial charge in [0.05, 0.1) is 17.2 Å². The number of Topliss-reactive ketones (excluding diaryl/α,β-unsaturated/α-hetero) is 1. The molecule has 1 amide bonds. The van der Waals surface area contributed by atoms with Crippen molar-refractivity contribution in [3.8, 4) is 5.75 Å². The molecular weight excluding hydrogens is 461 g/mol. The van der Waals surface area contributed by atoms with E-state index in [2.05, 4.69) is 0 Å². The molecule has 0 bridgehead atoms.